The van der Waals surface area contributed by atoms with Gasteiger partial charge in [0.25, 0.3) is 5.12 Å². The maximum atomic E-state index is 13.2. The fourth-order valence-corrected chi connectivity index (χ4v) is 2.54. The van der Waals surface area contributed by atoms with E-state index in [9.17, 15) is 17.6 Å². The van der Waals surface area contributed by atoms with Gasteiger partial charge < -0.3 is 5.32 Å². The second-order valence-corrected chi connectivity index (χ2v) is 4.72. The van der Waals surface area contributed by atoms with E-state index in [1.54, 1.807) is 0 Å². The third-order valence-electron chi connectivity index (χ3n) is 1.96. The van der Waals surface area contributed by atoms with Crippen LogP contribution in [-0.4, -0.2) is 20.1 Å². The molecule has 0 saturated carbocycles. The van der Waals surface area contributed by atoms with E-state index in [0.717, 1.165) is 6.07 Å². The van der Waals surface area contributed by atoms with Crippen molar-refractivity contribution in [1.82, 2.24) is 0 Å². The van der Waals surface area contributed by atoms with Gasteiger partial charge in [-0.15, -0.1) is 0 Å². The SMILES string of the molecule is O=C1CNc2cccc(F)c2S1(=O)=O. The quantitative estimate of drug-likeness (QED) is 0.686. The lowest BCUT2D eigenvalue weighted by atomic mass is 10.3. The van der Waals surface area contributed by atoms with Gasteiger partial charge in [-0.05, 0) is 12.1 Å². The zero-order valence-electron chi connectivity index (χ0n) is 6.95. The summed E-state index contributed by atoms with van der Waals surface area (Å²) in [7, 11) is -4.13. The first-order valence-electron chi connectivity index (χ1n) is 3.84. The molecule has 0 fully saturated rings. The largest absolute Gasteiger partial charge is 0.376 e. The second-order valence-electron chi connectivity index (χ2n) is 2.85. The van der Waals surface area contributed by atoms with Crippen molar-refractivity contribution in [2.75, 3.05) is 11.9 Å². The molecule has 6 heteroatoms. The molecule has 1 aliphatic rings. The van der Waals surface area contributed by atoms with E-state index in [1.165, 1.54) is 12.1 Å². The van der Waals surface area contributed by atoms with Gasteiger partial charge in [0.05, 0.1) is 12.2 Å². The van der Waals surface area contributed by atoms with E-state index >= 15 is 0 Å². The molecule has 2 rings (SSSR count). The van der Waals surface area contributed by atoms with E-state index < -0.39 is 25.7 Å². The Labute approximate surface area is 79.7 Å². The van der Waals surface area contributed by atoms with E-state index in [4.69, 9.17) is 0 Å². The molecule has 74 valence electrons. The summed E-state index contributed by atoms with van der Waals surface area (Å²) in [5.74, 6) is -0.900. The molecular formula is C8H6FNO3S. The predicted molar refractivity (Wildman–Crippen MR) is 47.1 cm³/mol. The molecule has 0 aromatic heterocycles. The van der Waals surface area contributed by atoms with Crippen LogP contribution in [-0.2, 0) is 14.6 Å². The minimum absolute atomic E-state index is 0.143. The molecule has 1 aromatic rings. The number of fused-ring (bicyclic) bond motifs is 1. The summed E-state index contributed by atoms with van der Waals surface area (Å²) in [5.41, 5.74) is 0.143. The van der Waals surface area contributed by atoms with Crippen LogP contribution in [0.5, 0.6) is 0 Å². The minimum Gasteiger partial charge on any atom is -0.376 e. The van der Waals surface area contributed by atoms with Gasteiger partial charge in [-0.25, -0.2) is 12.8 Å². The highest BCUT2D eigenvalue weighted by molar-refractivity contribution is 8.06. The summed E-state index contributed by atoms with van der Waals surface area (Å²) in [6.07, 6.45) is 0. The van der Waals surface area contributed by atoms with Crippen LogP contribution in [0.15, 0.2) is 23.1 Å². The summed E-state index contributed by atoms with van der Waals surface area (Å²) < 4.78 is 36.0. The number of benzene rings is 1. The number of sulfone groups is 1. The van der Waals surface area contributed by atoms with Crippen molar-refractivity contribution in [1.29, 1.82) is 0 Å². The van der Waals surface area contributed by atoms with Crippen molar-refractivity contribution >= 4 is 20.6 Å². The number of halogens is 1. The minimum atomic E-state index is -4.13. The Morgan fingerprint density at radius 2 is 2.07 bits per heavy atom. The van der Waals surface area contributed by atoms with Gasteiger partial charge in [-0.3, -0.25) is 4.79 Å². The second kappa shape index (κ2) is 2.78. The molecule has 1 aromatic carbocycles. The molecule has 0 bridgehead atoms. The lowest BCUT2D eigenvalue weighted by molar-refractivity contribution is -0.110. The first-order chi connectivity index (χ1) is 6.53. The van der Waals surface area contributed by atoms with Crippen LogP contribution in [0.25, 0.3) is 0 Å². The fourth-order valence-electron chi connectivity index (χ4n) is 1.30. The summed E-state index contributed by atoms with van der Waals surface area (Å²) in [6, 6.07) is 3.81. The zero-order valence-corrected chi connectivity index (χ0v) is 7.77. The molecule has 1 heterocycles. The van der Waals surface area contributed by atoms with E-state index in [2.05, 4.69) is 5.32 Å². The summed E-state index contributed by atoms with van der Waals surface area (Å²) >= 11 is 0. The molecule has 14 heavy (non-hydrogen) atoms. The Morgan fingerprint density at radius 1 is 1.36 bits per heavy atom. The molecule has 0 aliphatic carbocycles. The lowest BCUT2D eigenvalue weighted by Gasteiger charge is -2.16. The van der Waals surface area contributed by atoms with Crippen molar-refractivity contribution in [3.05, 3.63) is 24.0 Å². The van der Waals surface area contributed by atoms with Crippen molar-refractivity contribution in [3.8, 4) is 0 Å². The Balaban J connectivity index is 2.81. The van der Waals surface area contributed by atoms with Gasteiger partial charge in [0.15, 0.2) is 0 Å². The number of carbonyl (C=O) groups is 1. The van der Waals surface area contributed by atoms with Gasteiger partial charge in [-0.2, -0.15) is 0 Å². The van der Waals surface area contributed by atoms with Gasteiger partial charge in [-0.1, -0.05) is 6.07 Å². The number of anilines is 1. The van der Waals surface area contributed by atoms with Crippen LogP contribution in [0.3, 0.4) is 0 Å². The van der Waals surface area contributed by atoms with Crippen LogP contribution in [0.1, 0.15) is 0 Å². The number of hydrogen-bond donors (Lipinski definition) is 1. The third-order valence-corrected chi connectivity index (χ3v) is 3.65. The summed E-state index contributed by atoms with van der Waals surface area (Å²) in [5, 5.41) is 1.54. The number of carbonyl (C=O) groups excluding carboxylic acids is 1. The first-order valence-corrected chi connectivity index (χ1v) is 5.32. The van der Waals surface area contributed by atoms with E-state index in [-0.39, 0.29) is 12.2 Å². The summed E-state index contributed by atoms with van der Waals surface area (Å²) in [4.78, 5) is 10.5. The molecule has 0 saturated heterocycles. The van der Waals surface area contributed by atoms with Crippen LogP contribution < -0.4 is 5.32 Å². The Kier molecular flexibility index (Phi) is 1.81. The maximum Gasteiger partial charge on any atom is 0.270 e. The average Bonchev–Trinajstić information content (AvgIpc) is 2.11. The molecule has 0 amide bonds. The highest BCUT2D eigenvalue weighted by Crippen LogP contribution is 2.28. The Hall–Kier alpha value is -1.43. The van der Waals surface area contributed by atoms with Crippen molar-refractivity contribution < 1.29 is 17.6 Å². The van der Waals surface area contributed by atoms with Crippen molar-refractivity contribution in [3.63, 3.8) is 0 Å². The van der Waals surface area contributed by atoms with E-state index in [1.807, 2.05) is 0 Å². The molecule has 0 spiro atoms. The zero-order chi connectivity index (χ0) is 10.3. The van der Waals surface area contributed by atoms with E-state index in [0.29, 0.717) is 0 Å². The molecule has 0 radical (unpaired) electrons. The lowest BCUT2D eigenvalue weighted by Crippen LogP contribution is -2.30. The molecular weight excluding hydrogens is 209 g/mol. The third kappa shape index (κ3) is 1.11. The number of nitrogens with one attached hydrogen (secondary N) is 1. The summed E-state index contributed by atoms with van der Waals surface area (Å²) in [6.45, 7) is -0.307. The van der Waals surface area contributed by atoms with Crippen LogP contribution in [0.2, 0.25) is 0 Å². The molecule has 1 aliphatic heterocycles. The normalized spacial score (nSPS) is 18.5. The Bertz CT molecular complexity index is 509. The van der Waals surface area contributed by atoms with Gasteiger partial charge in [0.1, 0.15) is 10.7 Å². The van der Waals surface area contributed by atoms with Crippen LogP contribution >= 0.6 is 0 Å². The highest BCUT2D eigenvalue weighted by Gasteiger charge is 2.34. The van der Waals surface area contributed by atoms with Crippen LogP contribution in [0, 0.1) is 5.82 Å². The molecule has 0 unspecified atom stereocenters. The van der Waals surface area contributed by atoms with Crippen molar-refractivity contribution in [2.24, 2.45) is 0 Å². The van der Waals surface area contributed by atoms with Crippen LogP contribution in [0.4, 0.5) is 10.1 Å². The Morgan fingerprint density at radius 3 is 2.79 bits per heavy atom. The number of rotatable bonds is 0. The first kappa shape index (κ1) is 9.14. The topological polar surface area (TPSA) is 63.2 Å². The van der Waals surface area contributed by atoms with Gasteiger partial charge >= 0.3 is 0 Å². The predicted octanol–water partition coefficient (Wildman–Crippen LogP) is 0.552. The standard InChI is InChI=1S/C8H6FNO3S/c9-5-2-1-3-6-8(5)14(12,13)7(11)4-10-6/h1-3,10H,4H2. The smallest absolute Gasteiger partial charge is 0.270 e. The highest BCUT2D eigenvalue weighted by atomic mass is 32.2. The van der Waals surface area contributed by atoms with Gasteiger partial charge in [0.2, 0.25) is 9.84 Å². The number of hydrogen-bond acceptors (Lipinski definition) is 4. The molecule has 0 atom stereocenters. The average molecular weight is 215 g/mol. The van der Waals surface area contributed by atoms with Crippen molar-refractivity contribution in [2.45, 2.75) is 4.90 Å². The molecule has 1 N–H and O–H groups in total. The van der Waals surface area contributed by atoms with Gasteiger partial charge in [0, 0.05) is 0 Å². The maximum absolute atomic E-state index is 13.2. The molecule has 4 nitrogen and oxygen atoms in total. The fraction of sp³-hybridized carbons (Fsp3) is 0.125. The monoisotopic (exact) mass is 215 g/mol.